The molecule has 1 atom stereocenters. The van der Waals surface area contributed by atoms with Crippen molar-refractivity contribution >= 4 is 13.0 Å². The molecule has 0 aromatic carbocycles. The summed E-state index contributed by atoms with van der Waals surface area (Å²) in [5.74, 6) is 2.17. The Bertz CT molecular complexity index is 255. The molecule has 1 aromatic rings. The summed E-state index contributed by atoms with van der Waals surface area (Å²) in [4.78, 5) is 0. The smallest absolute Gasteiger partial charge is 0.104 e. The van der Waals surface area contributed by atoms with E-state index in [0.29, 0.717) is 5.42 Å². The Balaban J connectivity index is 1.96. The Morgan fingerprint density at radius 1 is 1.07 bits per heavy atom. The molecular formula is C13H22NP. The first-order valence-electron chi connectivity index (χ1n) is 6.18. The van der Waals surface area contributed by atoms with Gasteiger partial charge in [-0.15, -0.1) is 5.73 Å². The molecule has 0 amide bonds. The first-order valence-corrected chi connectivity index (χ1v) is 7.78. The van der Waals surface area contributed by atoms with Crippen LogP contribution in [0.2, 0.25) is 0 Å². The van der Waals surface area contributed by atoms with E-state index in [2.05, 4.69) is 12.7 Å². The Morgan fingerprint density at radius 3 is 2.33 bits per heavy atom. The second-order valence-corrected chi connectivity index (χ2v) is 6.32. The average Bonchev–Trinajstić information content (AvgIpc) is 2.63. The van der Waals surface area contributed by atoms with Crippen molar-refractivity contribution in [1.82, 2.24) is 5.73 Å². The predicted molar refractivity (Wildman–Crippen MR) is 68.9 cm³/mol. The van der Waals surface area contributed by atoms with Crippen LogP contribution in [0.4, 0.5) is 5.42 Å². The number of hydrogen-bond donors (Lipinski definition) is 0. The van der Waals surface area contributed by atoms with Gasteiger partial charge in [0.2, 0.25) is 0 Å². The normalized spacial score (nSPS) is 11.9. The molecule has 2 radical (unpaired) electrons. The van der Waals surface area contributed by atoms with Crippen LogP contribution in [0.15, 0.2) is 17.9 Å². The van der Waals surface area contributed by atoms with Crippen LogP contribution in [0.3, 0.4) is 0 Å². The monoisotopic (exact) mass is 223 g/mol. The number of unbranched alkanes of at least 4 members (excludes halogenated alkanes) is 6. The molecule has 0 spiro atoms. The Morgan fingerprint density at radius 2 is 1.73 bits per heavy atom. The van der Waals surface area contributed by atoms with Crippen molar-refractivity contribution in [3.05, 3.63) is 17.9 Å². The standard InChI is InChI=1S/C13H22NP/c1-2-3-4-5-6-7-8-11-15-12-9-10-13(15)14/h9-10,12H,2-8,11H2,1H3. The van der Waals surface area contributed by atoms with Crippen molar-refractivity contribution < 1.29 is 0 Å². The summed E-state index contributed by atoms with van der Waals surface area (Å²) in [6.07, 6.45) is 10.7. The summed E-state index contributed by atoms with van der Waals surface area (Å²) in [6, 6.07) is 3.83. The minimum Gasteiger partial charge on any atom is -0.146 e. The fraction of sp³-hybridized carbons (Fsp3) is 0.692. The van der Waals surface area contributed by atoms with Gasteiger partial charge in [-0.1, -0.05) is 59.0 Å². The molecule has 15 heavy (non-hydrogen) atoms. The average molecular weight is 223 g/mol. The van der Waals surface area contributed by atoms with Crippen molar-refractivity contribution in [2.75, 3.05) is 0 Å². The van der Waals surface area contributed by atoms with E-state index in [1.165, 1.54) is 51.1 Å². The van der Waals surface area contributed by atoms with Crippen molar-refractivity contribution in [3.63, 3.8) is 0 Å². The van der Waals surface area contributed by atoms with Crippen molar-refractivity contribution in [2.45, 2.75) is 58.0 Å². The van der Waals surface area contributed by atoms with E-state index in [0.717, 1.165) is 0 Å². The van der Waals surface area contributed by atoms with E-state index in [1.807, 2.05) is 12.1 Å². The molecule has 1 unspecified atom stereocenters. The Labute approximate surface area is 95.1 Å². The first-order chi connectivity index (χ1) is 7.34. The number of hydrogen-bond acceptors (Lipinski definition) is 0. The molecule has 0 N–H and O–H groups in total. The molecule has 1 aromatic heterocycles. The molecular weight excluding hydrogens is 201 g/mol. The molecule has 1 heterocycles. The molecule has 0 bridgehead atoms. The summed E-state index contributed by atoms with van der Waals surface area (Å²) in [6.45, 7) is 2.25. The molecule has 0 aliphatic carbocycles. The van der Waals surface area contributed by atoms with Crippen LogP contribution in [0.1, 0.15) is 51.9 Å². The molecule has 0 saturated heterocycles. The third-order valence-corrected chi connectivity index (χ3v) is 4.88. The van der Waals surface area contributed by atoms with Gasteiger partial charge in [0.25, 0.3) is 0 Å². The third kappa shape index (κ3) is 5.28. The lowest BCUT2D eigenvalue weighted by atomic mass is 10.1. The molecule has 0 aliphatic rings. The minimum absolute atomic E-state index is 0.298. The maximum Gasteiger partial charge on any atom is 0.104 e. The highest BCUT2D eigenvalue weighted by atomic mass is 31.1. The second-order valence-electron chi connectivity index (χ2n) is 4.18. The minimum atomic E-state index is -0.298. The zero-order valence-electron chi connectivity index (χ0n) is 9.78. The van der Waals surface area contributed by atoms with E-state index in [9.17, 15) is 5.73 Å². The van der Waals surface area contributed by atoms with Gasteiger partial charge in [-0.25, -0.2) is 0 Å². The molecule has 0 saturated carbocycles. The van der Waals surface area contributed by atoms with E-state index < -0.39 is 0 Å². The zero-order chi connectivity index (χ0) is 10.9. The van der Waals surface area contributed by atoms with Crippen molar-refractivity contribution in [3.8, 4) is 0 Å². The van der Waals surface area contributed by atoms with Gasteiger partial charge in [0.05, 0.1) is 0 Å². The van der Waals surface area contributed by atoms with Gasteiger partial charge in [-0.05, 0) is 24.4 Å². The first kappa shape index (κ1) is 12.6. The lowest BCUT2D eigenvalue weighted by Gasteiger charge is -2.01. The lowest BCUT2D eigenvalue weighted by molar-refractivity contribution is 0.598. The summed E-state index contributed by atoms with van der Waals surface area (Å²) in [7, 11) is -0.298. The third-order valence-electron chi connectivity index (χ3n) is 2.81. The number of aryl methyl sites for hydroxylation is 1. The molecule has 0 fully saturated rings. The highest BCUT2D eigenvalue weighted by Crippen LogP contribution is 2.39. The molecule has 84 valence electrons. The Hall–Kier alpha value is -0.420. The van der Waals surface area contributed by atoms with Crippen LogP contribution >= 0.6 is 7.53 Å². The topological polar surface area (TPSA) is 22.3 Å². The van der Waals surface area contributed by atoms with Gasteiger partial charge >= 0.3 is 0 Å². The van der Waals surface area contributed by atoms with Crippen LogP contribution in [-0.4, -0.2) is 0 Å². The summed E-state index contributed by atoms with van der Waals surface area (Å²) >= 11 is 0. The summed E-state index contributed by atoms with van der Waals surface area (Å²) < 4.78 is 0. The van der Waals surface area contributed by atoms with Crippen LogP contribution in [0.5, 0.6) is 0 Å². The lowest BCUT2D eigenvalue weighted by Crippen LogP contribution is -1.79. The van der Waals surface area contributed by atoms with Gasteiger partial charge in [0.15, 0.2) is 0 Å². The summed E-state index contributed by atoms with van der Waals surface area (Å²) in [5, 5.41) is 0. The maximum absolute atomic E-state index is 9.49. The van der Waals surface area contributed by atoms with Gasteiger partial charge in [0.1, 0.15) is 5.42 Å². The zero-order valence-corrected chi connectivity index (χ0v) is 10.7. The van der Waals surface area contributed by atoms with Crippen molar-refractivity contribution in [1.29, 1.82) is 0 Å². The van der Waals surface area contributed by atoms with E-state index in [1.54, 1.807) is 0 Å². The fourth-order valence-corrected chi connectivity index (χ4v) is 3.50. The predicted octanol–water partition coefficient (Wildman–Crippen LogP) is 5.12. The number of nitrogens with zero attached hydrogens (tertiary/aromatic N) is 1. The molecule has 1 rings (SSSR count). The molecule has 1 nitrogen and oxygen atoms in total. The molecule has 2 heteroatoms. The highest BCUT2D eigenvalue weighted by molar-refractivity contribution is 7.51. The van der Waals surface area contributed by atoms with Gasteiger partial charge in [-0.2, -0.15) is 0 Å². The van der Waals surface area contributed by atoms with Crippen molar-refractivity contribution in [2.24, 2.45) is 0 Å². The van der Waals surface area contributed by atoms with E-state index in [-0.39, 0.29) is 7.53 Å². The second kappa shape index (κ2) is 7.82. The van der Waals surface area contributed by atoms with Crippen LogP contribution < -0.4 is 5.73 Å². The fourth-order valence-electron chi connectivity index (χ4n) is 1.83. The van der Waals surface area contributed by atoms with Gasteiger partial charge in [-0.3, -0.25) is 0 Å². The quantitative estimate of drug-likeness (QED) is 0.545. The van der Waals surface area contributed by atoms with E-state index in [4.69, 9.17) is 0 Å². The highest BCUT2D eigenvalue weighted by Gasteiger charge is 1.99. The van der Waals surface area contributed by atoms with Gasteiger partial charge in [0, 0.05) is 0 Å². The van der Waals surface area contributed by atoms with E-state index >= 15 is 0 Å². The molecule has 0 aliphatic heterocycles. The SMILES string of the molecule is CCCCCCCCCp1cccc1[N]. The van der Waals surface area contributed by atoms with Crippen LogP contribution in [-0.2, 0) is 6.16 Å². The van der Waals surface area contributed by atoms with Crippen LogP contribution in [0, 0.1) is 0 Å². The van der Waals surface area contributed by atoms with Gasteiger partial charge < -0.3 is 0 Å². The van der Waals surface area contributed by atoms with Crippen LogP contribution in [0.25, 0.3) is 0 Å². The summed E-state index contributed by atoms with van der Waals surface area (Å²) in [5.41, 5.74) is 10.1. The maximum atomic E-state index is 9.49. The Kier molecular flexibility index (Phi) is 6.59. The number of rotatable bonds is 8. The largest absolute Gasteiger partial charge is 0.146 e.